The zero-order valence-electron chi connectivity index (χ0n) is 17.9. The first-order valence-corrected chi connectivity index (χ1v) is 10.4. The summed E-state index contributed by atoms with van der Waals surface area (Å²) in [5.74, 6) is -0.127. The van der Waals surface area contributed by atoms with Crippen LogP contribution in [0.2, 0.25) is 0 Å². The SMILES string of the molecule is CCOC(=O)c1c(C(=O)OCC)c(-c2ccc3c(c2)OCO3)c2cc3c(cc2c1O)OCO3. The smallest absolute Gasteiger partial charge is 0.342 e. The lowest BCUT2D eigenvalue weighted by Gasteiger charge is -2.19. The zero-order valence-corrected chi connectivity index (χ0v) is 17.9. The molecule has 2 heterocycles. The molecule has 2 aliphatic heterocycles. The number of phenolic OH excluding ortho intramolecular Hbond substituents is 1. The molecule has 2 aliphatic rings. The van der Waals surface area contributed by atoms with Gasteiger partial charge in [0.2, 0.25) is 13.6 Å². The first-order valence-electron chi connectivity index (χ1n) is 10.4. The zero-order chi connectivity index (χ0) is 23.1. The third kappa shape index (κ3) is 3.32. The second-order valence-corrected chi connectivity index (χ2v) is 7.23. The summed E-state index contributed by atoms with van der Waals surface area (Å²) in [6.07, 6.45) is 0. The van der Waals surface area contributed by atoms with Gasteiger partial charge in [0.25, 0.3) is 0 Å². The van der Waals surface area contributed by atoms with Gasteiger partial charge in [-0.05, 0) is 49.1 Å². The number of carbonyl (C=O) groups is 2. The maximum atomic E-state index is 13.2. The Morgan fingerprint density at radius 3 is 1.97 bits per heavy atom. The van der Waals surface area contributed by atoms with Gasteiger partial charge in [0, 0.05) is 10.9 Å². The largest absolute Gasteiger partial charge is 0.506 e. The molecule has 1 N–H and O–H groups in total. The van der Waals surface area contributed by atoms with Gasteiger partial charge in [0.1, 0.15) is 11.3 Å². The van der Waals surface area contributed by atoms with Crippen molar-refractivity contribution in [2.24, 2.45) is 0 Å². The van der Waals surface area contributed by atoms with E-state index in [9.17, 15) is 14.7 Å². The van der Waals surface area contributed by atoms with Gasteiger partial charge in [-0.25, -0.2) is 9.59 Å². The molecule has 0 radical (unpaired) electrons. The van der Waals surface area contributed by atoms with Crippen molar-refractivity contribution in [3.63, 3.8) is 0 Å². The van der Waals surface area contributed by atoms with Crippen LogP contribution in [0.3, 0.4) is 0 Å². The molecular weight excluding hydrogens is 432 g/mol. The van der Waals surface area contributed by atoms with E-state index < -0.39 is 17.7 Å². The van der Waals surface area contributed by atoms with Crippen molar-refractivity contribution in [3.8, 4) is 39.9 Å². The lowest BCUT2D eigenvalue weighted by molar-refractivity contribution is 0.0477. The van der Waals surface area contributed by atoms with Crippen LogP contribution >= 0.6 is 0 Å². The average Bonchev–Trinajstić information content (AvgIpc) is 3.46. The molecule has 3 aromatic carbocycles. The molecule has 0 spiro atoms. The van der Waals surface area contributed by atoms with Crippen LogP contribution in [-0.2, 0) is 9.47 Å². The monoisotopic (exact) mass is 452 g/mol. The summed E-state index contributed by atoms with van der Waals surface area (Å²) >= 11 is 0. The lowest BCUT2D eigenvalue weighted by Crippen LogP contribution is -2.16. The average molecular weight is 452 g/mol. The highest BCUT2D eigenvalue weighted by molar-refractivity contribution is 6.18. The molecule has 0 saturated heterocycles. The molecule has 0 fully saturated rings. The van der Waals surface area contributed by atoms with Gasteiger partial charge in [-0.15, -0.1) is 0 Å². The van der Waals surface area contributed by atoms with Crippen LogP contribution in [0.1, 0.15) is 34.6 Å². The van der Waals surface area contributed by atoms with Crippen molar-refractivity contribution in [3.05, 3.63) is 41.5 Å². The second kappa shape index (κ2) is 8.09. The Balaban J connectivity index is 1.90. The van der Waals surface area contributed by atoms with Crippen LogP contribution < -0.4 is 18.9 Å². The number of carbonyl (C=O) groups excluding carboxylic acids is 2. The minimum atomic E-state index is -0.848. The van der Waals surface area contributed by atoms with Crippen molar-refractivity contribution >= 4 is 22.7 Å². The van der Waals surface area contributed by atoms with E-state index in [1.165, 1.54) is 0 Å². The number of rotatable bonds is 5. The summed E-state index contributed by atoms with van der Waals surface area (Å²) < 4.78 is 32.3. The van der Waals surface area contributed by atoms with Gasteiger partial charge in [-0.1, -0.05) is 6.07 Å². The molecule has 0 saturated carbocycles. The summed E-state index contributed by atoms with van der Waals surface area (Å²) in [6, 6.07) is 8.39. The van der Waals surface area contributed by atoms with Crippen molar-refractivity contribution in [1.82, 2.24) is 0 Å². The molecule has 0 atom stereocenters. The highest BCUT2D eigenvalue weighted by atomic mass is 16.7. The maximum absolute atomic E-state index is 13.2. The van der Waals surface area contributed by atoms with E-state index in [1.54, 1.807) is 44.2 Å². The first kappa shape index (κ1) is 20.7. The fourth-order valence-corrected chi connectivity index (χ4v) is 4.02. The second-order valence-electron chi connectivity index (χ2n) is 7.23. The van der Waals surface area contributed by atoms with Gasteiger partial charge in [-0.2, -0.15) is 0 Å². The molecule has 33 heavy (non-hydrogen) atoms. The topological polar surface area (TPSA) is 110 Å². The van der Waals surface area contributed by atoms with Crippen LogP contribution in [0.15, 0.2) is 30.3 Å². The molecule has 0 aromatic heterocycles. The van der Waals surface area contributed by atoms with Gasteiger partial charge in [0.15, 0.2) is 23.0 Å². The lowest BCUT2D eigenvalue weighted by atomic mass is 9.88. The Labute approximate surface area is 188 Å². The highest BCUT2D eigenvalue weighted by Crippen LogP contribution is 2.48. The molecule has 0 aliphatic carbocycles. The predicted molar refractivity (Wildman–Crippen MR) is 115 cm³/mol. The number of benzene rings is 3. The molecule has 0 bridgehead atoms. The van der Waals surface area contributed by atoms with E-state index in [0.717, 1.165) is 0 Å². The van der Waals surface area contributed by atoms with Gasteiger partial charge in [-0.3, -0.25) is 0 Å². The summed E-state index contributed by atoms with van der Waals surface area (Å²) in [4.78, 5) is 26.1. The van der Waals surface area contributed by atoms with Gasteiger partial charge < -0.3 is 33.5 Å². The van der Waals surface area contributed by atoms with Crippen molar-refractivity contribution in [1.29, 1.82) is 0 Å². The van der Waals surface area contributed by atoms with Crippen LogP contribution in [0.4, 0.5) is 0 Å². The molecule has 5 rings (SSSR count). The quantitative estimate of drug-likeness (QED) is 0.574. The highest BCUT2D eigenvalue weighted by Gasteiger charge is 2.32. The molecule has 9 nitrogen and oxygen atoms in total. The normalized spacial score (nSPS) is 13.3. The number of esters is 2. The van der Waals surface area contributed by atoms with E-state index in [2.05, 4.69) is 0 Å². The number of ether oxygens (including phenoxy) is 6. The Kier molecular flexibility index (Phi) is 5.08. The number of phenols is 1. The number of aromatic hydroxyl groups is 1. The summed E-state index contributed by atoms with van der Waals surface area (Å²) in [5.41, 5.74) is 0.519. The first-order chi connectivity index (χ1) is 16.0. The Morgan fingerprint density at radius 1 is 0.788 bits per heavy atom. The molecule has 0 amide bonds. The van der Waals surface area contributed by atoms with E-state index in [0.29, 0.717) is 44.9 Å². The molecule has 3 aromatic rings. The molecular formula is C24H20O9. The fraction of sp³-hybridized carbons (Fsp3) is 0.250. The van der Waals surface area contributed by atoms with Crippen LogP contribution in [0.25, 0.3) is 21.9 Å². The van der Waals surface area contributed by atoms with Crippen molar-refractivity contribution in [2.75, 3.05) is 26.8 Å². The Morgan fingerprint density at radius 2 is 1.33 bits per heavy atom. The Bertz CT molecular complexity index is 1300. The fourth-order valence-electron chi connectivity index (χ4n) is 4.02. The third-order valence-corrected chi connectivity index (χ3v) is 5.39. The third-order valence-electron chi connectivity index (χ3n) is 5.39. The number of fused-ring (bicyclic) bond motifs is 3. The van der Waals surface area contributed by atoms with Crippen LogP contribution in [-0.4, -0.2) is 43.8 Å². The van der Waals surface area contributed by atoms with E-state index in [-0.39, 0.29) is 37.9 Å². The summed E-state index contributed by atoms with van der Waals surface area (Å²) in [6.45, 7) is 3.51. The van der Waals surface area contributed by atoms with E-state index in [1.807, 2.05) is 0 Å². The van der Waals surface area contributed by atoms with Gasteiger partial charge >= 0.3 is 11.9 Å². The van der Waals surface area contributed by atoms with Crippen LogP contribution in [0.5, 0.6) is 28.7 Å². The van der Waals surface area contributed by atoms with Crippen molar-refractivity contribution in [2.45, 2.75) is 13.8 Å². The molecule has 9 heteroatoms. The van der Waals surface area contributed by atoms with E-state index in [4.69, 9.17) is 28.4 Å². The molecule has 170 valence electrons. The minimum Gasteiger partial charge on any atom is -0.506 e. The standard InChI is InChI=1S/C24H20O9/c1-3-28-23(26)20-19(12-5-6-15-16(7-12)31-10-30-15)13-8-17-18(33-11-32-17)9-14(13)22(25)21(20)24(27)29-4-2/h5-9,25H,3-4,10-11H2,1-2H3. The Hall–Kier alpha value is -4.14. The number of hydrogen-bond donors (Lipinski definition) is 1. The number of hydrogen-bond acceptors (Lipinski definition) is 9. The van der Waals surface area contributed by atoms with Crippen molar-refractivity contribution < 1.29 is 43.1 Å². The summed E-state index contributed by atoms with van der Waals surface area (Å²) in [7, 11) is 0. The van der Waals surface area contributed by atoms with Crippen LogP contribution in [0, 0.1) is 0 Å². The maximum Gasteiger partial charge on any atom is 0.342 e. The summed E-state index contributed by atoms with van der Waals surface area (Å²) in [5, 5.41) is 11.9. The minimum absolute atomic E-state index is 0.0151. The predicted octanol–water partition coefficient (Wildman–Crippen LogP) is 4.02. The van der Waals surface area contributed by atoms with Gasteiger partial charge in [0.05, 0.1) is 18.8 Å². The van der Waals surface area contributed by atoms with E-state index >= 15 is 0 Å². The molecule has 0 unspecified atom stereocenters.